The van der Waals surface area contributed by atoms with E-state index in [2.05, 4.69) is 10.1 Å². The molecule has 13 heteroatoms. The third kappa shape index (κ3) is 4.89. The van der Waals surface area contributed by atoms with Crippen molar-refractivity contribution in [3.8, 4) is 0 Å². The smallest absolute Gasteiger partial charge is 0.330 e. The highest BCUT2D eigenvalue weighted by molar-refractivity contribution is 7.91. The molecule has 210 valence electrons. The Morgan fingerprint density at radius 3 is 2.41 bits per heavy atom. The maximum Gasteiger partial charge on any atom is 0.413 e. The molecule has 1 fully saturated rings. The zero-order chi connectivity index (χ0) is 28.5. The van der Waals surface area contributed by atoms with E-state index in [1.807, 2.05) is 13.8 Å². The van der Waals surface area contributed by atoms with E-state index in [9.17, 15) is 30.8 Å². The first-order valence-electron chi connectivity index (χ1n) is 12.5. The number of hydrogen-bond donors (Lipinski definition) is 0. The Hall–Kier alpha value is -3.09. The number of sulfone groups is 1. The van der Waals surface area contributed by atoms with Crippen LogP contribution in [-0.2, 0) is 20.0 Å². The summed E-state index contributed by atoms with van der Waals surface area (Å²) in [6.07, 6.45) is -3.09. The van der Waals surface area contributed by atoms with Crippen LogP contribution in [0, 0.1) is 17.7 Å². The molecule has 1 saturated heterocycles. The van der Waals surface area contributed by atoms with Crippen molar-refractivity contribution < 1.29 is 35.2 Å². The van der Waals surface area contributed by atoms with Gasteiger partial charge in [0.05, 0.1) is 17.2 Å². The van der Waals surface area contributed by atoms with Gasteiger partial charge in [-0.05, 0) is 36.5 Å². The van der Waals surface area contributed by atoms with E-state index >= 15 is 4.39 Å². The Labute approximate surface area is 221 Å². The number of fused-ring (bicyclic) bond motifs is 3. The van der Waals surface area contributed by atoms with Crippen molar-refractivity contribution in [2.45, 2.75) is 56.7 Å². The van der Waals surface area contributed by atoms with Gasteiger partial charge in [0.1, 0.15) is 15.7 Å². The topological polar surface area (TPSA) is 84.6 Å². The Kier molecular flexibility index (Phi) is 6.51. The van der Waals surface area contributed by atoms with E-state index < -0.39 is 62.5 Å². The summed E-state index contributed by atoms with van der Waals surface area (Å²) in [5.41, 5.74) is 0.716. The van der Waals surface area contributed by atoms with Crippen LogP contribution in [0.4, 0.5) is 22.0 Å². The SMILES string of the molecule is CN(C(=O)C1CCS(=O)(=O)CC1)[C@@H](c1ccc([C@@H]2CC(C)(C)c3c2cnc2cc(F)nn32)c(F)c1)C(F)(F)F. The fraction of sp³-hybridized carbons (Fsp3) is 0.500. The molecular formula is C26H27F5N4O3S. The molecule has 0 spiro atoms. The fourth-order valence-corrected chi connectivity index (χ4v) is 7.52. The molecule has 1 aliphatic carbocycles. The first-order chi connectivity index (χ1) is 18.1. The average molecular weight is 571 g/mol. The summed E-state index contributed by atoms with van der Waals surface area (Å²) in [5.74, 6) is -4.35. The Morgan fingerprint density at radius 1 is 1.13 bits per heavy atom. The van der Waals surface area contributed by atoms with E-state index in [0.29, 0.717) is 28.2 Å². The number of amides is 1. The van der Waals surface area contributed by atoms with Crippen molar-refractivity contribution in [1.82, 2.24) is 19.5 Å². The maximum atomic E-state index is 15.6. The number of benzene rings is 1. The lowest BCUT2D eigenvalue weighted by atomic mass is 9.86. The minimum atomic E-state index is -4.90. The standard InChI is InChI=1S/C26H27F5N4O3S/c1-25(2)12-17(18-13-32-21-11-20(28)33-35(21)23(18)25)16-5-4-15(10-19(16)27)22(26(29,30)31)34(3)24(36)14-6-8-39(37,38)9-7-14/h4-5,10-11,13-14,17,22H,6-9,12H2,1-3H3/t17-,22-/m0/s1. The number of hydrogen-bond acceptors (Lipinski definition) is 5. The molecule has 0 N–H and O–H groups in total. The third-order valence-electron chi connectivity index (χ3n) is 7.88. The van der Waals surface area contributed by atoms with Gasteiger partial charge in [0.2, 0.25) is 11.9 Å². The van der Waals surface area contributed by atoms with Crippen LogP contribution in [0.15, 0.2) is 30.5 Å². The summed E-state index contributed by atoms with van der Waals surface area (Å²) in [5, 5.41) is 3.88. The van der Waals surface area contributed by atoms with Crippen LogP contribution in [-0.4, -0.2) is 58.6 Å². The van der Waals surface area contributed by atoms with Crippen LogP contribution in [0.25, 0.3) is 5.65 Å². The van der Waals surface area contributed by atoms with Crippen LogP contribution in [0.1, 0.15) is 67.5 Å². The van der Waals surface area contributed by atoms with Crippen LogP contribution < -0.4 is 0 Å². The van der Waals surface area contributed by atoms with Gasteiger partial charge in [-0.2, -0.15) is 17.6 Å². The van der Waals surface area contributed by atoms with Gasteiger partial charge in [-0.25, -0.2) is 22.3 Å². The highest BCUT2D eigenvalue weighted by atomic mass is 32.2. The largest absolute Gasteiger partial charge is 0.413 e. The number of halogens is 5. The van der Waals surface area contributed by atoms with Crippen LogP contribution in [0.5, 0.6) is 0 Å². The van der Waals surface area contributed by atoms with E-state index in [4.69, 9.17) is 0 Å². The molecule has 0 radical (unpaired) electrons. The molecule has 1 aliphatic heterocycles. The molecule has 7 nitrogen and oxygen atoms in total. The third-order valence-corrected chi connectivity index (χ3v) is 9.59. The normalized spacial score (nSPS) is 21.6. The highest BCUT2D eigenvalue weighted by Crippen LogP contribution is 2.49. The molecule has 0 unspecified atom stereocenters. The van der Waals surface area contributed by atoms with Crippen molar-refractivity contribution in [2.24, 2.45) is 5.92 Å². The van der Waals surface area contributed by atoms with Gasteiger partial charge in [-0.1, -0.05) is 26.0 Å². The molecule has 3 aromatic rings. The van der Waals surface area contributed by atoms with Gasteiger partial charge in [0.15, 0.2) is 11.7 Å². The molecule has 0 saturated carbocycles. The fourth-order valence-electron chi connectivity index (χ4n) is 6.03. The number of carbonyl (C=O) groups excluding carboxylic acids is 1. The Bertz CT molecular complexity index is 1550. The second-order valence-corrected chi connectivity index (χ2v) is 13.3. The summed E-state index contributed by atoms with van der Waals surface area (Å²) in [6, 6.07) is 2.02. The number of carbonyl (C=O) groups is 1. The quantitative estimate of drug-likeness (QED) is 0.425. The number of aromatic nitrogens is 3. The van der Waals surface area contributed by atoms with Gasteiger partial charge in [0, 0.05) is 42.1 Å². The minimum absolute atomic E-state index is 0.0539. The van der Waals surface area contributed by atoms with Crippen molar-refractivity contribution in [2.75, 3.05) is 18.6 Å². The molecule has 0 bridgehead atoms. The Balaban J connectivity index is 1.48. The van der Waals surface area contributed by atoms with Crippen molar-refractivity contribution in [3.63, 3.8) is 0 Å². The molecule has 2 aromatic heterocycles. The van der Waals surface area contributed by atoms with Gasteiger partial charge in [0.25, 0.3) is 0 Å². The zero-order valence-corrected chi connectivity index (χ0v) is 22.3. The second-order valence-electron chi connectivity index (χ2n) is 11.0. The first kappa shape index (κ1) is 27.5. The minimum Gasteiger partial charge on any atom is -0.330 e. The first-order valence-corrected chi connectivity index (χ1v) is 14.3. The monoisotopic (exact) mass is 570 g/mol. The lowest BCUT2D eigenvalue weighted by molar-refractivity contribution is -0.190. The van der Waals surface area contributed by atoms with Gasteiger partial charge >= 0.3 is 6.18 Å². The van der Waals surface area contributed by atoms with E-state index in [-0.39, 0.29) is 29.9 Å². The predicted molar refractivity (Wildman–Crippen MR) is 132 cm³/mol. The van der Waals surface area contributed by atoms with Crippen LogP contribution in [0.3, 0.4) is 0 Å². The number of rotatable bonds is 4. The predicted octanol–water partition coefficient (Wildman–Crippen LogP) is 4.71. The van der Waals surface area contributed by atoms with E-state index in [0.717, 1.165) is 19.2 Å². The molecule has 2 aliphatic rings. The second kappa shape index (κ2) is 9.24. The molecule has 1 amide bonds. The van der Waals surface area contributed by atoms with Gasteiger partial charge in [-0.15, -0.1) is 5.10 Å². The van der Waals surface area contributed by atoms with Gasteiger partial charge in [-0.3, -0.25) is 4.79 Å². The lowest BCUT2D eigenvalue weighted by Crippen LogP contribution is -2.44. The summed E-state index contributed by atoms with van der Waals surface area (Å²) in [7, 11) is -2.30. The number of alkyl halides is 3. The molecule has 3 heterocycles. The maximum absolute atomic E-state index is 15.6. The molecule has 5 rings (SSSR count). The summed E-state index contributed by atoms with van der Waals surface area (Å²) >= 11 is 0. The lowest BCUT2D eigenvalue weighted by Gasteiger charge is -2.34. The molecule has 2 atom stereocenters. The van der Waals surface area contributed by atoms with Crippen LogP contribution >= 0.6 is 0 Å². The van der Waals surface area contributed by atoms with Crippen molar-refractivity contribution >= 4 is 21.4 Å². The molecular weight excluding hydrogens is 543 g/mol. The molecule has 1 aromatic carbocycles. The summed E-state index contributed by atoms with van der Waals surface area (Å²) in [6.45, 7) is 3.79. The van der Waals surface area contributed by atoms with E-state index in [1.165, 1.54) is 22.8 Å². The van der Waals surface area contributed by atoms with Crippen LogP contribution in [0.2, 0.25) is 0 Å². The highest BCUT2D eigenvalue weighted by Gasteiger charge is 2.47. The Morgan fingerprint density at radius 2 is 1.79 bits per heavy atom. The summed E-state index contributed by atoms with van der Waals surface area (Å²) in [4.78, 5) is 17.7. The average Bonchev–Trinajstić information content (AvgIpc) is 3.33. The van der Waals surface area contributed by atoms with Crippen molar-refractivity contribution in [3.05, 3.63) is 64.6 Å². The zero-order valence-electron chi connectivity index (χ0n) is 21.5. The van der Waals surface area contributed by atoms with E-state index in [1.54, 1.807) is 0 Å². The molecule has 39 heavy (non-hydrogen) atoms. The number of nitrogens with zero attached hydrogens (tertiary/aromatic N) is 4. The van der Waals surface area contributed by atoms with Gasteiger partial charge < -0.3 is 4.90 Å². The summed E-state index contributed by atoms with van der Waals surface area (Å²) < 4.78 is 96.9. The van der Waals surface area contributed by atoms with Crippen molar-refractivity contribution in [1.29, 1.82) is 0 Å².